The van der Waals surface area contributed by atoms with Gasteiger partial charge in [-0.1, -0.05) is 35.5 Å². The van der Waals surface area contributed by atoms with Crippen molar-refractivity contribution in [2.45, 2.75) is 6.61 Å². The van der Waals surface area contributed by atoms with E-state index in [1.165, 1.54) is 11.3 Å². The minimum Gasteiger partial charge on any atom is -0.391 e. The molecular weight excluding hydrogens is 232 g/mol. The van der Waals surface area contributed by atoms with Crippen molar-refractivity contribution in [2.24, 2.45) is 5.16 Å². The summed E-state index contributed by atoms with van der Waals surface area (Å²) in [5, 5.41) is 14.3. The summed E-state index contributed by atoms with van der Waals surface area (Å²) in [6.45, 7) is 0.452. The van der Waals surface area contributed by atoms with Crippen LogP contribution in [0.15, 0.2) is 46.9 Å². The Morgan fingerprint density at radius 2 is 2.18 bits per heavy atom. The second-order valence-electron chi connectivity index (χ2n) is 3.34. The zero-order chi connectivity index (χ0) is 11.9. The molecule has 0 bridgehead atoms. The predicted octanol–water partition coefficient (Wildman–Crippen LogP) is 3.17. The lowest BCUT2D eigenvalue weighted by Crippen LogP contribution is -1.86. The highest BCUT2D eigenvalue weighted by Crippen LogP contribution is 2.11. The van der Waals surface area contributed by atoms with Crippen LogP contribution >= 0.6 is 11.3 Å². The Morgan fingerprint density at radius 1 is 1.35 bits per heavy atom. The predicted molar refractivity (Wildman–Crippen MR) is 67.9 cm³/mol. The molecule has 17 heavy (non-hydrogen) atoms. The van der Waals surface area contributed by atoms with Gasteiger partial charge in [-0.25, -0.2) is 0 Å². The highest BCUT2D eigenvalue weighted by Gasteiger charge is 1.95. The molecule has 1 heterocycles. The molecule has 0 N–H and O–H groups in total. The van der Waals surface area contributed by atoms with Gasteiger partial charge in [-0.2, -0.15) is 5.26 Å². The number of nitriles is 1. The van der Waals surface area contributed by atoms with Gasteiger partial charge in [0.1, 0.15) is 12.7 Å². The van der Waals surface area contributed by atoms with Crippen LogP contribution in [0.3, 0.4) is 0 Å². The number of thiophene rings is 1. The number of rotatable bonds is 4. The van der Waals surface area contributed by atoms with E-state index in [9.17, 15) is 0 Å². The molecule has 0 saturated heterocycles. The number of hydrogen-bond acceptors (Lipinski definition) is 4. The molecule has 0 amide bonds. The number of benzene rings is 1. The van der Waals surface area contributed by atoms with E-state index >= 15 is 0 Å². The summed E-state index contributed by atoms with van der Waals surface area (Å²) in [7, 11) is 0. The molecule has 2 aromatic rings. The molecule has 0 fully saturated rings. The first-order chi connectivity index (χ1) is 8.38. The fraction of sp³-hybridized carbons (Fsp3) is 0.0769. The second kappa shape index (κ2) is 5.83. The summed E-state index contributed by atoms with van der Waals surface area (Å²) in [5.74, 6) is 0. The lowest BCUT2D eigenvalue weighted by molar-refractivity contribution is 0.132. The molecule has 0 atom stereocenters. The second-order valence-corrected chi connectivity index (χ2v) is 4.29. The summed E-state index contributed by atoms with van der Waals surface area (Å²) >= 11 is 1.47. The van der Waals surface area contributed by atoms with Crippen LogP contribution in [-0.4, -0.2) is 6.21 Å². The Hall–Kier alpha value is -2.12. The third kappa shape index (κ3) is 3.44. The van der Waals surface area contributed by atoms with Gasteiger partial charge < -0.3 is 4.84 Å². The van der Waals surface area contributed by atoms with Crippen LogP contribution in [0.5, 0.6) is 0 Å². The van der Waals surface area contributed by atoms with Gasteiger partial charge in [0.25, 0.3) is 0 Å². The third-order valence-electron chi connectivity index (χ3n) is 2.08. The maximum atomic E-state index is 8.65. The topological polar surface area (TPSA) is 45.4 Å². The Morgan fingerprint density at radius 3 is 2.88 bits per heavy atom. The van der Waals surface area contributed by atoms with Crippen LogP contribution in [0, 0.1) is 11.3 Å². The first kappa shape index (κ1) is 11.4. The molecule has 84 valence electrons. The third-order valence-corrected chi connectivity index (χ3v) is 2.94. The SMILES string of the molecule is N#Cc1csc(C=NOCc2ccccc2)c1. The van der Waals surface area contributed by atoms with Crippen molar-refractivity contribution in [1.82, 2.24) is 0 Å². The highest BCUT2D eigenvalue weighted by atomic mass is 32.1. The van der Waals surface area contributed by atoms with Crippen molar-refractivity contribution in [3.8, 4) is 6.07 Å². The van der Waals surface area contributed by atoms with Crippen molar-refractivity contribution in [1.29, 1.82) is 5.26 Å². The Bertz CT molecular complexity index is 540. The molecule has 1 aromatic carbocycles. The zero-order valence-corrected chi connectivity index (χ0v) is 9.85. The van der Waals surface area contributed by atoms with Gasteiger partial charge in [0.15, 0.2) is 0 Å². The summed E-state index contributed by atoms with van der Waals surface area (Å²) in [6.07, 6.45) is 1.62. The van der Waals surface area contributed by atoms with Gasteiger partial charge in [-0.05, 0) is 11.6 Å². The van der Waals surface area contributed by atoms with Gasteiger partial charge in [0, 0.05) is 5.38 Å². The fourth-order valence-electron chi connectivity index (χ4n) is 1.25. The van der Waals surface area contributed by atoms with E-state index in [-0.39, 0.29) is 0 Å². The zero-order valence-electron chi connectivity index (χ0n) is 9.04. The molecule has 0 radical (unpaired) electrons. The summed E-state index contributed by atoms with van der Waals surface area (Å²) in [5.41, 5.74) is 1.73. The van der Waals surface area contributed by atoms with Crippen LogP contribution in [0.25, 0.3) is 0 Å². The standard InChI is InChI=1S/C13H10N2OS/c14-7-12-6-13(17-10-12)8-15-16-9-11-4-2-1-3-5-11/h1-6,8,10H,9H2. The minimum absolute atomic E-state index is 0.452. The van der Waals surface area contributed by atoms with Crippen molar-refractivity contribution < 1.29 is 4.84 Å². The number of oxime groups is 1. The first-order valence-electron chi connectivity index (χ1n) is 5.06. The Labute approximate surface area is 104 Å². The number of nitrogens with zero attached hydrogens (tertiary/aromatic N) is 2. The average Bonchev–Trinajstić information content (AvgIpc) is 2.84. The van der Waals surface area contributed by atoms with Crippen LogP contribution < -0.4 is 0 Å². The first-order valence-corrected chi connectivity index (χ1v) is 5.94. The normalized spacial score (nSPS) is 10.3. The maximum absolute atomic E-state index is 8.65. The molecule has 0 aliphatic rings. The van der Waals surface area contributed by atoms with E-state index in [0.29, 0.717) is 12.2 Å². The van der Waals surface area contributed by atoms with Crippen molar-refractivity contribution in [2.75, 3.05) is 0 Å². The summed E-state index contributed by atoms with van der Waals surface area (Å²) in [6, 6.07) is 13.7. The van der Waals surface area contributed by atoms with E-state index in [1.807, 2.05) is 30.3 Å². The molecule has 3 nitrogen and oxygen atoms in total. The van der Waals surface area contributed by atoms with Gasteiger partial charge in [0.2, 0.25) is 0 Å². The minimum atomic E-state index is 0.452. The van der Waals surface area contributed by atoms with E-state index in [2.05, 4.69) is 11.2 Å². The molecule has 2 rings (SSSR count). The summed E-state index contributed by atoms with van der Waals surface area (Å²) < 4.78 is 0. The van der Waals surface area contributed by atoms with Gasteiger partial charge in [-0.3, -0.25) is 0 Å². The lowest BCUT2D eigenvalue weighted by atomic mass is 10.2. The van der Waals surface area contributed by atoms with Crippen molar-refractivity contribution in [3.05, 3.63) is 57.8 Å². The van der Waals surface area contributed by atoms with Crippen molar-refractivity contribution >= 4 is 17.6 Å². The number of hydrogen-bond donors (Lipinski definition) is 0. The quantitative estimate of drug-likeness (QED) is 0.610. The molecule has 0 aliphatic carbocycles. The van der Waals surface area contributed by atoms with E-state index in [1.54, 1.807) is 17.7 Å². The monoisotopic (exact) mass is 242 g/mol. The average molecular weight is 242 g/mol. The lowest BCUT2D eigenvalue weighted by Gasteiger charge is -1.97. The molecule has 0 aliphatic heterocycles. The van der Waals surface area contributed by atoms with Crippen LogP contribution in [-0.2, 0) is 11.4 Å². The molecular formula is C13H10N2OS. The highest BCUT2D eigenvalue weighted by molar-refractivity contribution is 7.11. The van der Waals surface area contributed by atoms with E-state index in [4.69, 9.17) is 10.1 Å². The van der Waals surface area contributed by atoms with E-state index in [0.717, 1.165) is 10.4 Å². The molecule has 0 unspecified atom stereocenters. The van der Waals surface area contributed by atoms with Gasteiger partial charge in [0.05, 0.1) is 16.7 Å². The molecule has 4 heteroatoms. The van der Waals surface area contributed by atoms with Crippen LogP contribution in [0.2, 0.25) is 0 Å². The van der Waals surface area contributed by atoms with Gasteiger partial charge in [-0.15, -0.1) is 11.3 Å². The Balaban J connectivity index is 1.84. The molecule has 0 saturated carbocycles. The fourth-order valence-corrected chi connectivity index (χ4v) is 1.94. The largest absolute Gasteiger partial charge is 0.391 e. The van der Waals surface area contributed by atoms with Crippen molar-refractivity contribution in [3.63, 3.8) is 0 Å². The Kier molecular flexibility index (Phi) is 3.90. The maximum Gasteiger partial charge on any atom is 0.142 e. The molecule has 0 spiro atoms. The van der Waals surface area contributed by atoms with Crippen LogP contribution in [0.1, 0.15) is 16.0 Å². The smallest absolute Gasteiger partial charge is 0.142 e. The van der Waals surface area contributed by atoms with Crippen LogP contribution in [0.4, 0.5) is 0 Å². The van der Waals surface area contributed by atoms with Gasteiger partial charge >= 0.3 is 0 Å². The molecule has 1 aromatic heterocycles. The summed E-state index contributed by atoms with van der Waals surface area (Å²) in [4.78, 5) is 6.07. The van der Waals surface area contributed by atoms with E-state index < -0.39 is 0 Å².